The van der Waals surface area contributed by atoms with Crippen LogP contribution in [0.3, 0.4) is 0 Å². The zero-order valence-corrected chi connectivity index (χ0v) is 17.9. The number of nitrogens with zero attached hydrogens (tertiary/aromatic N) is 2. The standard InChI is InChI=1S/C21H29N5S2/c1-15-14-23-11-10-21(15,26-24-12-13-27-26)25-19-17(16-6-3-2-4-7-16)8-5-9-18(19)28-20(25)22/h2-4,6-7,12-13,15,17,20,23-24H,5,8-11,14,22H2,1H3. The van der Waals surface area contributed by atoms with Crippen molar-refractivity contribution in [2.75, 3.05) is 13.1 Å². The van der Waals surface area contributed by atoms with E-state index in [-0.39, 0.29) is 11.2 Å². The predicted molar refractivity (Wildman–Crippen MR) is 119 cm³/mol. The molecule has 3 heterocycles. The number of nitrogens with one attached hydrogen (secondary N) is 2. The Kier molecular flexibility index (Phi) is 5.13. The SMILES string of the molecule is CC1CNCCC1(N1NC=CS1)N1C2=C(CCCC2c2ccccc2)SC1N. The molecule has 4 atom stereocenters. The van der Waals surface area contributed by atoms with Crippen molar-refractivity contribution in [2.45, 2.75) is 49.7 Å². The van der Waals surface area contributed by atoms with E-state index in [0.29, 0.717) is 11.8 Å². The van der Waals surface area contributed by atoms with E-state index in [1.165, 1.54) is 29.0 Å². The first kappa shape index (κ1) is 18.9. The van der Waals surface area contributed by atoms with E-state index in [9.17, 15) is 0 Å². The van der Waals surface area contributed by atoms with E-state index in [4.69, 9.17) is 5.73 Å². The highest BCUT2D eigenvalue weighted by Crippen LogP contribution is 2.55. The molecule has 1 aliphatic carbocycles. The van der Waals surface area contributed by atoms with Crippen LogP contribution in [-0.2, 0) is 0 Å². The third-order valence-corrected chi connectivity index (χ3v) is 8.64. The van der Waals surface area contributed by atoms with Crippen molar-refractivity contribution in [3.05, 3.63) is 58.1 Å². The van der Waals surface area contributed by atoms with Crippen molar-refractivity contribution in [3.8, 4) is 0 Å². The van der Waals surface area contributed by atoms with Gasteiger partial charge in [-0.1, -0.05) is 49.0 Å². The largest absolute Gasteiger partial charge is 0.328 e. The monoisotopic (exact) mass is 415 g/mol. The molecule has 1 aromatic carbocycles. The summed E-state index contributed by atoms with van der Waals surface area (Å²) in [6.45, 7) is 4.38. The van der Waals surface area contributed by atoms with Crippen molar-refractivity contribution in [1.82, 2.24) is 20.1 Å². The fourth-order valence-corrected chi connectivity index (χ4v) is 7.53. The maximum absolute atomic E-state index is 6.87. The van der Waals surface area contributed by atoms with Crippen LogP contribution >= 0.6 is 23.7 Å². The van der Waals surface area contributed by atoms with Gasteiger partial charge in [-0.15, -0.1) is 4.41 Å². The number of piperidine rings is 1. The van der Waals surface area contributed by atoms with Gasteiger partial charge in [0.1, 0.15) is 11.2 Å². The van der Waals surface area contributed by atoms with E-state index >= 15 is 0 Å². The summed E-state index contributed by atoms with van der Waals surface area (Å²) in [5.41, 5.74) is 13.1. The Morgan fingerprint density at radius 3 is 2.86 bits per heavy atom. The van der Waals surface area contributed by atoms with E-state index in [1.807, 2.05) is 18.0 Å². The first-order valence-corrected chi connectivity index (χ1v) is 12.0. The molecule has 1 fully saturated rings. The first-order valence-electron chi connectivity index (χ1n) is 10.3. The molecule has 4 unspecified atom stereocenters. The Labute approximate surface area is 176 Å². The topological polar surface area (TPSA) is 56.6 Å². The molecule has 1 saturated heterocycles. The van der Waals surface area contributed by atoms with Crippen LogP contribution in [-0.4, -0.2) is 33.6 Å². The number of hydrazine groups is 1. The van der Waals surface area contributed by atoms with E-state index in [2.05, 4.69) is 62.7 Å². The molecule has 0 aromatic heterocycles. The van der Waals surface area contributed by atoms with Crippen LogP contribution in [0, 0.1) is 5.92 Å². The van der Waals surface area contributed by atoms with Crippen molar-refractivity contribution in [1.29, 1.82) is 0 Å². The smallest absolute Gasteiger partial charge is 0.131 e. The summed E-state index contributed by atoms with van der Waals surface area (Å²) in [4.78, 5) is 4.11. The van der Waals surface area contributed by atoms with Gasteiger partial charge in [-0.3, -0.25) is 0 Å². The van der Waals surface area contributed by atoms with Gasteiger partial charge in [-0.05, 0) is 49.7 Å². The highest BCUT2D eigenvalue weighted by atomic mass is 32.2. The van der Waals surface area contributed by atoms with E-state index < -0.39 is 0 Å². The summed E-state index contributed by atoms with van der Waals surface area (Å²) in [7, 11) is 0. The second-order valence-corrected chi connectivity index (χ2v) is 10.2. The quantitative estimate of drug-likeness (QED) is 0.651. The van der Waals surface area contributed by atoms with Crippen LogP contribution in [0.15, 0.2) is 52.5 Å². The minimum Gasteiger partial charge on any atom is -0.328 e. The predicted octanol–water partition coefficient (Wildman–Crippen LogP) is 3.72. The van der Waals surface area contributed by atoms with Crippen LogP contribution in [0.5, 0.6) is 0 Å². The normalized spacial score (nSPS) is 35.9. The zero-order valence-electron chi connectivity index (χ0n) is 16.3. The molecular formula is C21H29N5S2. The summed E-state index contributed by atoms with van der Waals surface area (Å²) >= 11 is 3.65. The van der Waals surface area contributed by atoms with Crippen molar-refractivity contribution in [3.63, 3.8) is 0 Å². The number of allylic oxidation sites excluding steroid dienone is 2. The highest BCUT2D eigenvalue weighted by molar-refractivity contribution is 8.03. The third kappa shape index (κ3) is 2.91. The van der Waals surface area contributed by atoms with Gasteiger partial charge in [0, 0.05) is 40.6 Å². The molecule has 0 bridgehead atoms. The van der Waals surface area contributed by atoms with Crippen molar-refractivity contribution in [2.24, 2.45) is 11.7 Å². The zero-order chi connectivity index (χ0) is 19.1. The molecule has 5 rings (SSSR count). The lowest BCUT2D eigenvalue weighted by Crippen LogP contribution is -2.70. The number of hydrogen-bond donors (Lipinski definition) is 3. The fourth-order valence-electron chi connectivity index (χ4n) is 5.30. The highest BCUT2D eigenvalue weighted by Gasteiger charge is 2.55. The van der Waals surface area contributed by atoms with Gasteiger partial charge in [0.2, 0.25) is 0 Å². The Hall–Kier alpha value is -1.12. The minimum atomic E-state index is -0.146. The van der Waals surface area contributed by atoms with Gasteiger partial charge in [-0.2, -0.15) is 0 Å². The van der Waals surface area contributed by atoms with E-state index in [0.717, 1.165) is 25.9 Å². The first-order chi connectivity index (χ1) is 13.7. The van der Waals surface area contributed by atoms with Crippen LogP contribution in [0.4, 0.5) is 0 Å². The average Bonchev–Trinajstić information content (AvgIpc) is 3.37. The van der Waals surface area contributed by atoms with Crippen molar-refractivity contribution < 1.29 is 0 Å². The summed E-state index contributed by atoms with van der Waals surface area (Å²) < 4.78 is 2.35. The molecule has 0 amide bonds. The molecule has 0 radical (unpaired) electrons. The Bertz CT molecular complexity index is 774. The second kappa shape index (κ2) is 7.61. The van der Waals surface area contributed by atoms with Gasteiger partial charge in [-0.25, -0.2) is 0 Å². The fraction of sp³-hybridized carbons (Fsp3) is 0.524. The summed E-state index contributed by atoms with van der Waals surface area (Å²) in [6, 6.07) is 11.0. The van der Waals surface area contributed by atoms with Gasteiger partial charge < -0.3 is 21.4 Å². The van der Waals surface area contributed by atoms with Crippen LogP contribution in [0.2, 0.25) is 0 Å². The molecule has 28 heavy (non-hydrogen) atoms. The summed E-state index contributed by atoms with van der Waals surface area (Å²) in [5.74, 6) is 0.878. The Morgan fingerprint density at radius 2 is 2.11 bits per heavy atom. The lowest BCUT2D eigenvalue weighted by atomic mass is 9.81. The van der Waals surface area contributed by atoms with Gasteiger partial charge in [0.25, 0.3) is 0 Å². The Morgan fingerprint density at radius 1 is 1.25 bits per heavy atom. The van der Waals surface area contributed by atoms with E-state index in [1.54, 1.807) is 11.9 Å². The summed E-state index contributed by atoms with van der Waals surface area (Å²) in [5, 5.41) is 5.73. The molecule has 3 aliphatic heterocycles. The molecule has 7 heteroatoms. The maximum atomic E-state index is 6.87. The Balaban J connectivity index is 1.61. The van der Waals surface area contributed by atoms with Gasteiger partial charge >= 0.3 is 0 Å². The molecule has 5 nitrogen and oxygen atoms in total. The van der Waals surface area contributed by atoms with Crippen LogP contribution in [0.1, 0.15) is 44.1 Å². The molecule has 0 saturated carbocycles. The maximum Gasteiger partial charge on any atom is 0.131 e. The second-order valence-electron chi connectivity index (χ2n) is 8.11. The molecule has 0 spiro atoms. The lowest BCUT2D eigenvalue weighted by Gasteiger charge is -2.56. The average molecular weight is 416 g/mol. The molecule has 150 valence electrons. The third-order valence-electron chi connectivity index (χ3n) is 6.60. The molecule has 4 N–H and O–H groups in total. The number of thioether (sulfide) groups is 1. The van der Waals surface area contributed by atoms with Crippen LogP contribution in [0.25, 0.3) is 0 Å². The number of hydrogen-bond acceptors (Lipinski definition) is 7. The molecule has 4 aliphatic rings. The summed E-state index contributed by atoms with van der Waals surface area (Å²) in [6.07, 6.45) is 6.70. The molecular weight excluding hydrogens is 386 g/mol. The minimum absolute atomic E-state index is 0.0298. The van der Waals surface area contributed by atoms with Gasteiger partial charge in [0.05, 0.1) is 0 Å². The molecule has 1 aromatic rings. The van der Waals surface area contributed by atoms with Gasteiger partial charge in [0.15, 0.2) is 0 Å². The number of rotatable bonds is 3. The lowest BCUT2D eigenvalue weighted by molar-refractivity contribution is -0.0659. The van der Waals surface area contributed by atoms with Crippen molar-refractivity contribution >= 4 is 23.7 Å². The number of nitrogens with two attached hydrogens (primary N) is 1. The number of benzene rings is 1. The van der Waals surface area contributed by atoms with Crippen LogP contribution < -0.4 is 16.5 Å².